The predicted molar refractivity (Wildman–Crippen MR) is 76.8 cm³/mol. The molecule has 19 heavy (non-hydrogen) atoms. The fourth-order valence-electron chi connectivity index (χ4n) is 1.67. The van der Waals surface area contributed by atoms with Gasteiger partial charge in [-0.1, -0.05) is 53.5 Å². The van der Waals surface area contributed by atoms with Crippen LogP contribution in [0.5, 0.6) is 0 Å². The Morgan fingerprint density at radius 2 is 1.84 bits per heavy atom. The van der Waals surface area contributed by atoms with Crippen LogP contribution in [0.1, 0.15) is 21.5 Å². The van der Waals surface area contributed by atoms with Crippen LogP contribution in [0.15, 0.2) is 42.5 Å². The summed E-state index contributed by atoms with van der Waals surface area (Å²) in [5.41, 5.74) is 2.08. The third-order valence-corrected chi connectivity index (χ3v) is 3.41. The third-order valence-electron chi connectivity index (χ3n) is 2.61. The molecule has 0 aromatic heterocycles. The van der Waals surface area contributed by atoms with E-state index >= 15 is 0 Å². The molecule has 0 spiro atoms. The maximum absolute atomic E-state index is 12.0. The quantitative estimate of drug-likeness (QED) is 0.770. The normalized spacial score (nSPS) is 10.3. The lowest BCUT2D eigenvalue weighted by molar-refractivity contribution is 0.0473. The van der Waals surface area contributed by atoms with E-state index < -0.39 is 5.97 Å². The Morgan fingerprint density at radius 3 is 2.53 bits per heavy atom. The van der Waals surface area contributed by atoms with Crippen LogP contribution in [-0.2, 0) is 11.3 Å². The van der Waals surface area contributed by atoms with Crippen molar-refractivity contribution in [2.24, 2.45) is 0 Å². The monoisotopic (exact) mass is 294 g/mol. The molecule has 2 aromatic rings. The standard InChI is InChI=1S/C15H12Cl2O2/c1-10-7-12(14(17)13(16)8-10)15(18)19-9-11-5-3-2-4-6-11/h2-8H,9H2,1H3. The molecule has 0 saturated heterocycles. The molecular weight excluding hydrogens is 283 g/mol. The molecule has 0 amide bonds. The second kappa shape index (κ2) is 6.09. The minimum Gasteiger partial charge on any atom is -0.457 e. The first-order valence-corrected chi connectivity index (χ1v) is 6.50. The van der Waals surface area contributed by atoms with E-state index in [2.05, 4.69) is 0 Å². The summed E-state index contributed by atoms with van der Waals surface area (Å²) >= 11 is 11.9. The zero-order chi connectivity index (χ0) is 13.8. The minimum atomic E-state index is -0.473. The Balaban J connectivity index is 2.13. The molecule has 2 aromatic carbocycles. The van der Waals surface area contributed by atoms with Crippen LogP contribution in [0.25, 0.3) is 0 Å². The highest BCUT2D eigenvalue weighted by Crippen LogP contribution is 2.28. The highest BCUT2D eigenvalue weighted by molar-refractivity contribution is 6.43. The Hall–Kier alpha value is -1.51. The van der Waals surface area contributed by atoms with Gasteiger partial charge < -0.3 is 4.74 Å². The molecule has 0 radical (unpaired) electrons. The zero-order valence-corrected chi connectivity index (χ0v) is 11.8. The molecule has 0 fully saturated rings. The second-order valence-electron chi connectivity index (χ2n) is 4.17. The summed E-state index contributed by atoms with van der Waals surface area (Å²) in [6.07, 6.45) is 0. The van der Waals surface area contributed by atoms with E-state index in [0.717, 1.165) is 11.1 Å². The number of carbonyl (C=O) groups excluding carboxylic acids is 1. The fourth-order valence-corrected chi connectivity index (χ4v) is 2.13. The lowest BCUT2D eigenvalue weighted by atomic mass is 10.1. The van der Waals surface area contributed by atoms with Gasteiger partial charge >= 0.3 is 5.97 Å². The van der Waals surface area contributed by atoms with Gasteiger partial charge in [0.2, 0.25) is 0 Å². The van der Waals surface area contributed by atoms with E-state index in [1.54, 1.807) is 12.1 Å². The molecular formula is C15H12Cl2O2. The summed E-state index contributed by atoms with van der Waals surface area (Å²) < 4.78 is 5.22. The largest absolute Gasteiger partial charge is 0.457 e. The van der Waals surface area contributed by atoms with Gasteiger partial charge in [-0.15, -0.1) is 0 Å². The number of hydrogen-bond acceptors (Lipinski definition) is 2. The number of esters is 1. The Labute approximate surface area is 121 Å². The van der Waals surface area contributed by atoms with Crippen molar-refractivity contribution in [3.63, 3.8) is 0 Å². The number of rotatable bonds is 3. The Bertz CT molecular complexity index is 595. The third kappa shape index (κ3) is 3.49. The van der Waals surface area contributed by atoms with E-state index in [-0.39, 0.29) is 11.6 Å². The van der Waals surface area contributed by atoms with Gasteiger partial charge in [0.05, 0.1) is 15.6 Å². The summed E-state index contributed by atoms with van der Waals surface area (Å²) in [6.45, 7) is 2.05. The van der Waals surface area contributed by atoms with Crippen molar-refractivity contribution in [3.05, 3.63) is 69.2 Å². The summed E-state index contributed by atoms with van der Waals surface area (Å²) in [4.78, 5) is 12.0. The Morgan fingerprint density at radius 1 is 1.16 bits per heavy atom. The smallest absolute Gasteiger partial charge is 0.340 e. The molecule has 0 N–H and O–H groups in total. The molecule has 0 saturated carbocycles. The number of hydrogen-bond donors (Lipinski definition) is 0. The molecule has 98 valence electrons. The van der Waals surface area contributed by atoms with Crippen LogP contribution in [0, 0.1) is 6.92 Å². The molecule has 0 aliphatic heterocycles. The van der Waals surface area contributed by atoms with Crippen LogP contribution < -0.4 is 0 Å². The number of halogens is 2. The maximum Gasteiger partial charge on any atom is 0.340 e. The van der Waals surface area contributed by atoms with E-state index in [1.807, 2.05) is 37.3 Å². The molecule has 2 rings (SSSR count). The topological polar surface area (TPSA) is 26.3 Å². The summed E-state index contributed by atoms with van der Waals surface area (Å²) in [5.74, 6) is -0.473. The van der Waals surface area contributed by atoms with E-state index in [9.17, 15) is 4.79 Å². The van der Waals surface area contributed by atoms with Gasteiger partial charge in [0.15, 0.2) is 0 Å². The number of aryl methyl sites for hydroxylation is 1. The van der Waals surface area contributed by atoms with E-state index in [4.69, 9.17) is 27.9 Å². The fraction of sp³-hybridized carbons (Fsp3) is 0.133. The van der Waals surface area contributed by atoms with E-state index in [0.29, 0.717) is 10.6 Å². The lowest BCUT2D eigenvalue weighted by Crippen LogP contribution is -2.06. The molecule has 0 aliphatic rings. The average molecular weight is 295 g/mol. The van der Waals surface area contributed by atoms with Gasteiger partial charge in [-0.25, -0.2) is 4.79 Å². The first-order valence-electron chi connectivity index (χ1n) is 5.74. The lowest BCUT2D eigenvalue weighted by Gasteiger charge is -2.08. The number of benzene rings is 2. The van der Waals surface area contributed by atoms with Crippen molar-refractivity contribution in [2.75, 3.05) is 0 Å². The second-order valence-corrected chi connectivity index (χ2v) is 4.96. The highest BCUT2D eigenvalue weighted by atomic mass is 35.5. The van der Waals surface area contributed by atoms with Crippen molar-refractivity contribution < 1.29 is 9.53 Å². The molecule has 0 heterocycles. The summed E-state index contributed by atoms with van der Waals surface area (Å²) in [7, 11) is 0. The molecule has 0 atom stereocenters. The van der Waals surface area contributed by atoms with E-state index in [1.165, 1.54) is 0 Å². The number of carbonyl (C=O) groups is 1. The van der Waals surface area contributed by atoms with Crippen LogP contribution >= 0.6 is 23.2 Å². The average Bonchev–Trinajstić information content (AvgIpc) is 2.41. The first kappa shape index (κ1) is 13.9. The predicted octanol–water partition coefficient (Wildman–Crippen LogP) is 4.66. The highest BCUT2D eigenvalue weighted by Gasteiger charge is 2.15. The van der Waals surface area contributed by atoms with Crippen molar-refractivity contribution in [1.29, 1.82) is 0 Å². The van der Waals surface area contributed by atoms with Gasteiger partial charge in [0, 0.05) is 0 Å². The molecule has 2 nitrogen and oxygen atoms in total. The molecule has 0 aliphatic carbocycles. The van der Waals surface area contributed by atoms with Crippen LogP contribution in [0.4, 0.5) is 0 Å². The van der Waals surface area contributed by atoms with Crippen molar-refractivity contribution in [3.8, 4) is 0 Å². The van der Waals surface area contributed by atoms with Crippen molar-refractivity contribution in [1.82, 2.24) is 0 Å². The van der Waals surface area contributed by atoms with Crippen LogP contribution in [-0.4, -0.2) is 5.97 Å². The van der Waals surface area contributed by atoms with Gasteiger partial charge in [0.25, 0.3) is 0 Å². The Kier molecular flexibility index (Phi) is 4.46. The van der Waals surface area contributed by atoms with Gasteiger partial charge in [-0.2, -0.15) is 0 Å². The van der Waals surface area contributed by atoms with Crippen molar-refractivity contribution in [2.45, 2.75) is 13.5 Å². The first-order chi connectivity index (χ1) is 9.08. The summed E-state index contributed by atoms with van der Waals surface area (Å²) in [5, 5.41) is 0.582. The molecule has 4 heteroatoms. The van der Waals surface area contributed by atoms with Crippen LogP contribution in [0.3, 0.4) is 0 Å². The van der Waals surface area contributed by atoms with Gasteiger partial charge in [-0.3, -0.25) is 0 Å². The number of ether oxygens (including phenoxy) is 1. The molecule has 0 unspecified atom stereocenters. The van der Waals surface area contributed by atoms with Gasteiger partial charge in [-0.05, 0) is 30.2 Å². The summed E-state index contributed by atoms with van der Waals surface area (Å²) in [6, 6.07) is 12.8. The van der Waals surface area contributed by atoms with Crippen LogP contribution in [0.2, 0.25) is 10.0 Å². The minimum absolute atomic E-state index is 0.210. The zero-order valence-electron chi connectivity index (χ0n) is 10.3. The SMILES string of the molecule is Cc1cc(Cl)c(Cl)c(C(=O)OCc2ccccc2)c1. The van der Waals surface area contributed by atoms with Crippen molar-refractivity contribution >= 4 is 29.2 Å². The maximum atomic E-state index is 12.0. The van der Waals surface area contributed by atoms with Gasteiger partial charge in [0.1, 0.15) is 6.61 Å². The molecule has 0 bridgehead atoms.